The third-order valence-electron chi connectivity index (χ3n) is 4.71. The molecular formula is C20H26N2O3. The molecule has 1 aromatic carbocycles. The Kier molecular flexibility index (Phi) is 5.76. The molecule has 0 radical (unpaired) electrons. The number of aromatic nitrogens is 1. The Morgan fingerprint density at radius 1 is 1.28 bits per heavy atom. The minimum atomic E-state index is -0.0260. The molecule has 1 atom stereocenters. The summed E-state index contributed by atoms with van der Waals surface area (Å²) in [6.45, 7) is 6.54. The van der Waals surface area contributed by atoms with Gasteiger partial charge in [0.2, 0.25) is 6.20 Å². The quantitative estimate of drug-likeness (QED) is 0.497. The van der Waals surface area contributed by atoms with Crippen LogP contribution in [0.1, 0.15) is 26.2 Å². The van der Waals surface area contributed by atoms with Crippen LogP contribution in [0.4, 0.5) is 0 Å². The number of likely N-dealkylation sites (tertiary alicyclic amines) is 1. The van der Waals surface area contributed by atoms with E-state index in [1.807, 2.05) is 24.3 Å². The molecule has 2 aromatic rings. The third kappa shape index (κ3) is 4.86. The van der Waals surface area contributed by atoms with Gasteiger partial charge in [-0.3, -0.25) is 0 Å². The Bertz CT molecular complexity index is 688. The molecule has 2 heterocycles. The third-order valence-corrected chi connectivity index (χ3v) is 4.71. The Labute approximate surface area is 149 Å². The van der Waals surface area contributed by atoms with Crippen LogP contribution in [0, 0.1) is 11.1 Å². The second-order valence-electron chi connectivity index (χ2n) is 6.88. The molecule has 1 unspecified atom stereocenters. The zero-order valence-electron chi connectivity index (χ0n) is 14.7. The van der Waals surface area contributed by atoms with Crippen molar-refractivity contribution in [1.82, 2.24) is 4.90 Å². The standard InChI is InChI=1S/C20H26N2O3/c1-16-4-2-10-21(14-16)11-3-13-25-18-7-5-17(6-8-18)19-9-12-22(24)15-20(19)23/h5-9,12,15-16,23H,2-4,10-11,13-14H2,1H3. The lowest BCUT2D eigenvalue weighted by Gasteiger charge is -2.30. The van der Waals surface area contributed by atoms with E-state index >= 15 is 0 Å². The van der Waals surface area contributed by atoms with Crippen LogP contribution in [0.3, 0.4) is 0 Å². The van der Waals surface area contributed by atoms with E-state index in [9.17, 15) is 10.3 Å². The van der Waals surface area contributed by atoms with Crippen LogP contribution in [0.25, 0.3) is 11.1 Å². The van der Waals surface area contributed by atoms with Crippen molar-refractivity contribution in [3.8, 4) is 22.6 Å². The zero-order chi connectivity index (χ0) is 17.6. The van der Waals surface area contributed by atoms with Gasteiger partial charge in [-0.15, -0.1) is 0 Å². The fraction of sp³-hybridized carbons (Fsp3) is 0.450. The highest BCUT2D eigenvalue weighted by Crippen LogP contribution is 2.28. The van der Waals surface area contributed by atoms with Crippen LogP contribution in [0.5, 0.6) is 11.5 Å². The average Bonchev–Trinajstić information content (AvgIpc) is 2.60. The second kappa shape index (κ2) is 8.21. The Balaban J connectivity index is 1.48. The van der Waals surface area contributed by atoms with Gasteiger partial charge in [-0.05, 0) is 49.4 Å². The highest BCUT2D eigenvalue weighted by Gasteiger charge is 2.15. The summed E-state index contributed by atoms with van der Waals surface area (Å²) >= 11 is 0. The fourth-order valence-corrected chi connectivity index (χ4v) is 3.41. The zero-order valence-corrected chi connectivity index (χ0v) is 14.7. The van der Waals surface area contributed by atoms with Gasteiger partial charge in [-0.1, -0.05) is 19.1 Å². The SMILES string of the molecule is CC1CCCN(CCCOc2ccc(-c3cc[n+]([O-])cc3O)cc2)C1. The number of ether oxygens (including phenoxy) is 1. The topological polar surface area (TPSA) is 59.6 Å². The van der Waals surface area contributed by atoms with Crippen LogP contribution in [0.2, 0.25) is 0 Å². The molecule has 0 saturated carbocycles. The van der Waals surface area contributed by atoms with Crippen molar-refractivity contribution in [1.29, 1.82) is 0 Å². The van der Waals surface area contributed by atoms with Gasteiger partial charge >= 0.3 is 0 Å². The monoisotopic (exact) mass is 342 g/mol. The van der Waals surface area contributed by atoms with Gasteiger partial charge in [0.15, 0.2) is 11.9 Å². The van der Waals surface area contributed by atoms with Crippen LogP contribution < -0.4 is 9.47 Å². The van der Waals surface area contributed by atoms with Gasteiger partial charge in [0.25, 0.3) is 0 Å². The molecule has 3 rings (SSSR count). The molecule has 0 spiro atoms. The first kappa shape index (κ1) is 17.5. The van der Waals surface area contributed by atoms with Crippen LogP contribution in [0.15, 0.2) is 42.7 Å². The van der Waals surface area contributed by atoms with Gasteiger partial charge in [-0.25, -0.2) is 0 Å². The number of piperidine rings is 1. The predicted molar refractivity (Wildman–Crippen MR) is 97.5 cm³/mol. The van der Waals surface area contributed by atoms with Crippen molar-refractivity contribution in [2.45, 2.75) is 26.2 Å². The fourth-order valence-electron chi connectivity index (χ4n) is 3.41. The van der Waals surface area contributed by atoms with Crippen LogP contribution in [-0.2, 0) is 0 Å². The van der Waals surface area contributed by atoms with E-state index in [-0.39, 0.29) is 5.75 Å². The molecule has 134 valence electrons. The average molecular weight is 342 g/mol. The van der Waals surface area contributed by atoms with E-state index in [2.05, 4.69) is 11.8 Å². The summed E-state index contributed by atoms with van der Waals surface area (Å²) in [5.74, 6) is 1.61. The molecule has 0 aliphatic carbocycles. The number of rotatable bonds is 6. The maximum atomic E-state index is 11.1. The number of pyridine rings is 1. The molecule has 1 aliphatic rings. The molecule has 1 saturated heterocycles. The summed E-state index contributed by atoms with van der Waals surface area (Å²) in [6, 6.07) is 9.20. The molecule has 1 N–H and O–H groups in total. The van der Waals surface area contributed by atoms with Crippen molar-refractivity contribution in [3.63, 3.8) is 0 Å². The van der Waals surface area contributed by atoms with Crippen LogP contribution in [-0.4, -0.2) is 36.2 Å². The second-order valence-corrected chi connectivity index (χ2v) is 6.88. The van der Waals surface area contributed by atoms with Crippen molar-refractivity contribution >= 4 is 0 Å². The Morgan fingerprint density at radius 3 is 2.80 bits per heavy atom. The number of nitrogens with zero attached hydrogens (tertiary/aromatic N) is 2. The molecule has 5 nitrogen and oxygen atoms in total. The Morgan fingerprint density at radius 2 is 2.08 bits per heavy atom. The summed E-state index contributed by atoms with van der Waals surface area (Å²) in [7, 11) is 0. The number of aromatic hydroxyl groups is 1. The minimum absolute atomic E-state index is 0.0260. The predicted octanol–water partition coefficient (Wildman–Crippen LogP) is 3.19. The van der Waals surface area contributed by atoms with Gasteiger partial charge in [-0.2, -0.15) is 4.73 Å². The minimum Gasteiger partial charge on any atom is -0.619 e. The lowest BCUT2D eigenvalue weighted by molar-refractivity contribution is -0.605. The number of hydrogen-bond donors (Lipinski definition) is 1. The van der Waals surface area contributed by atoms with E-state index in [0.717, 1.165) is 36.4 Å². The molecule has 25 heavy (non-hydrogen) atoms. The van der Waals surface area contributed by atoms with Crippen molar-refractivity contribution in [2.75, 3.05) is 26.2 Å². The summed E-state index contributed by atoms with van der Waals surface area (Å²) in [5, 5.41) is 21.0. The summed E-state index contributed by atoms with van der Waals surface area (Å²) in [5.41, 5.74) is 1.49. The van der Waals surface area contributed by atoms with E-state index in [4.69, 9.17) is 4.74 Å². The van der Waals surface area contributed by atoms with E-state index < -0.39 is 0 Å². The largest absolute Gasteiger partial charge is 0.619 e. The molecule has 1 aromatic heterocycles. The van der Waals surface area contributed by atoms with Gasteiger partial charge in [0, 0.05) is 24.7 Å². The first-order valence-corrected chi connectivity index (χ1v) is 8.99. The normalized spacial score (nSPS) is 18.2. The maximum absolute atomic E-state index is 11.1. The lowest BCUT2D eigenvalue weighted by Crippen LogP contribution is -2.35. The van der Waals surface area contributed by atoms with Crippen molar-refractivity contribution in [3.05, 3.63) is 47.9 Å². The molecule has 0 amide bonds. The molecule has 1 aliphatic heterocycles. The van der Waals surface area contributed by atoms with Crippen molar-refractivity contribution < 1.29 is 14.6 Å². The molecule has 1 fully saturated rings. The summed E-state index contributed by atoms with van der Waals surface area (Å²) in [6.07, 6.45) is 6.22. The van der Waals surface area contributed by atoms with Crippen molar-refractivity contribution in [2.24, 2.45) is 5.92 Å². The highest BCUT2D eigenvalue weighted by molar-refractivity contribution is 5.69. The highest BCUT2D eigenvalue weighted by atomic mass is 16.5. The van der Waals surface area contributed by atoms with Crippen LogP contribution >= 0.6 is 0 Å². The smallest absolute Gasteiger partial charge is 0.222 e. The summed E-state index contributed by atoms with van der Waals surface area (Å²) < 4.78 is 6.40. The van der Waals surface area contributed by atoms with Gasteiger partial charge < -0.3 is 20.0 Å². The molecular weight excluding hydrogens is 316 g/mol. The molecule has 5 heteroatoms. The number of hydrogen-bond acceptors (Lipinski definition) is 4. The maximum Gasteiger partial charge on any atom is 0.222 e. The van der Waals surface area contributed by atoms with Gasteiger partial charge in [0.1, 0.15) is 5.75 Å². The van der Waals surface area contributed by atoms with Gasteiger partial charge in [0.05, 0.1) is 6.61 Å². The first-order valence-electron chi connectivity index (χ1n) is 8.99. The first-order chi connectivity index (χ1) is 12.1. The van der Waals surface area contributed by atoms with E-state index in [1.165, 1.54) is 32.1 Å². The summed E-state index contributed by atoms with van der Waals surface area (Å²) in [4.78, 5) is 2.53. The lowest BCUT2D eigenvalue weighted by atomic mass is 10.0. The van der Waals surface area contributed by atoms with E-state index in [1.54, 1.807) is 6.07 Å². The number of benzene rings is 1. The Hall–Kier alpha value is -2.27. The molecule has 0 bridgehead atoms. The van der Waals surface area contributed by atoms with E-state index in [0.29, 0.717) is 16.9 Å².